The second-order valence-corrected chi connectivity index (χ2v) is 4.02. The smallest absolute Gasteiger partial charge is 0.406 e. The maximum Gasteiger partial charge on any atom is 0.573 e. The van der Waals surface area contributed by atoms with Crippen LogP contribution in [0.25, 0.3) is 11.1 Å². The summed E-state index contributed by atoms with van der Waals surface area (Å²) in [6.07, 6.45) is -4.69. The molecule has 0 saturated heterocycles. The molecule has 0 radical (unpaired) electrons. The normalized spacial score (nSPS) is 11.2. The van der Waals surface area contributed by atoms with Crippen molar-refractivity contribution in [1.29, 1.82) is 0 Å². The van der Waals surface area contributed by atoms with Crippen molar-refractivity contribution in [2.24, 2.45) is 5.84 Å². The molecule has 2 rings (SSSR count). The third-order valence-electron chi connectivity index (χ3n) is 2.63. The van der Waals surface area contributed by atoms with Crippen LogP contribution in [-0.2, 0) is 0 Å². The molecule has 0 aliphatic carbocycles. The topological polar surface area (TPSA) is 73.3 Å². The number of ether oxygens (including phenoxy) is 1. The molecule has 108 valence electrons. The number of rotatable bonds is 3. The van der Waals surface area contributed by atoms with Gasteiger partial charge in [-0.05, 0) is 35.4 Å². The molecule has 0 amide bonds. The minimum atomic E-state index is -4.69. The van der Waals surface area contributed by atoms with Crippen LogP contribution in [0.5, 0.6) is 5.75 Å². The van der Waals surface area contributed by atoms with E-state index >= 15 is 0 Å². The van der Waals surface area contributed by atoms with Gasteiger partial charge in [0.1, 0.15) is 5.75 Å². The molecule has 0 aliphatic rings. The van der Waals surface area contributed by atoms with Crippen LogP contribution in [0.3, 0.4) is 0 Å². The average molecular weight is 285 g/mol. The summed E-state index contributed by atoms with van der Waals surface area (Å²) >= 11 is 0. The molecule has 2 aromatic carbocycles. The quantitative estimate of drug-likeness (QED) is 0.459. The Labute approximate surface area is 114 Å². The maximum absolute atomic E-state index is 12.0. The average Bonchev–Trinajstić information content (AvgIpc) is 2.37. The largest absolute Gasteiger partial charge is 0.573 e. The van der Waals surface area contributed by atoms with Gasteiger partial charge in [-0.2, -0.15) is 0 Å². The van der Waals surface area contributed by atoms with E-state index in [1.807, 2.05) is 0 Å². The molecule has 0 saturated carbocycles. The van der Waals surface area contributed by atoms with Crippen LogP contribution in [0.4, 0.5) is 24.5 Å². The van der Waals surface area contributed by atoms with Crippen LogP contribution in [0.2, 0.25) is 0 Å². The van der Waals surface area contributed by atoms with E-state index in [1.165, 1.54) is 24.3 Å². The second-order valence-electron chi connectivity index (χ2n) is 4.02. The van der Waals surface area contributed by atoms with E-state index in [2.05, 4.69) is 10.2 Å². The van der Waals surface area contributed by atoms with Gasteiger partial charge in [0, 0.05) is 1.43 Å². The zero-order chi connectivity index (χ0) is 14.8. The van der Waals surface area contributed by atoms with Gasteiger partial charge in [0.2, 0.25) is 0 Å². The molecular weight excluding hydrogens is 271 g/mol. The van der Waals surface area contributed by atoms with Crippen LogP contribution in [0.1, 0.15) is 1.43 Å². The molecule has 0 heterocycles. The van der Waals surface area contributed by atoms with Gasteiger partial charge in [0.05, 0.1) is 11.4 Å². The van der Waals surface area contributed by atoms with Gasteiger partial charge < -0.3 is 15.9 Å². The predicted octanol–water partition coefficient (Wildman–Crippen LogP) is 3.37. The Morgan fingerprint density at radius 2 is 1.60 bits per heavy atom. The number of nitrogens with two attached hydrogens (primary N) is 2. The summed E-state index contributed by atoms with van der Waals surface area (Å²) in [7, 11) is 0. The van der Waals surface area contributed by atoms with Crippen molar-refractivity contribution in [3.05, 3.63) is 42.5 Å². The molecule has 0 aromatic heterocycles. The Kier molecular flexibility index (Phi) is 3.71. The zero-order valence-corrected chi connectivity index (χ0v) is 10.2. The van der Waals surface area contributed by atoms with Crippen molar-refractivity contribution in [3.63, 3.8) is 0 Å². The van der Waals surface area contributed by atoms with Gasteiger partial charge in [0.25, 0.3) is 0 Å². The molecule has 20 heavy (non-hydrogen) atoms. The number of alkyl halides is 3. The summed E-state index contributed by atoms with van der Waals surface area (Å²) in [4.78, 5) is 0. The fourth-order valence-corrected chi connectivity index (χ4v) is 1.72. The van der Waals surface area contributed by atoms with Crippen molar-refractivity contribution in [2.45, 2.75) is 6.36 Å². The highest BCUT2D eigenvalue weighted by atomic mass is 19.4. The highest BCUT2D eigenvalue weighted by molar-refractivity contribution is 5.75. The van der Waals surface area contributed by atoms with Crippen molar-refractivity contribution >= 4 is 11.4 Å². The van der Waals surface area contributed by atoms with Crippen molar-refractivity contribution < 1.29 is 19.3 Å². The fourth-order valence-electron chi connectivity index (χ4n) is 1.72. The van der Waals surface area contributed by atoms with Gasteiger partial charge in [-0.25, -0.2) is 0 Å². The lowest BCUT2D eigenvalue weighted by Crippen LogP contribution is -2.16. The fraction of sp³-hybridized carbons (Fsp3) is 0.0769. The number of hydrazine groups is 1. The molecule has 7 heteroatoms. The summed E-state index contributed by atoms with van der Waals surface area (Å²) < 4.78 is 39.9. The van der Waals surface area contributed by atoms with Gasteiger partial charge >= 0.3 is 6.36 Å². The SMILES string of the molecule is NNc1ccc(-c2ccc(OC(F)(F)F)cc2)cc1N.[HH]. The molecule has 0 fully saturated rings. The highest BCUT2D eigenvalue weighted by Crippen LogP contribution is 2.29. The summed E-state index contributed by atoms with van der Waals surface area (Å²) in [6.45, 7) is 0. The molecule has 5 N–H and O–H groups in total. The number of halogens is 3. The van der Waals surface area contributed by atoms with Crippen molar-refractivity contribution in [2.75, 3.05) is 11.2 Å². The number of nitrogen functional groups attached to an aromatic ring is 2. The van der Waals surface area contributed by atoms with Gasteiger partial charge in [-0.15, -0.1) is 13.2 Å². The molecular formula is C13H14F3N3O. The maximum atomic E-state index is 12.0. The van der Waals surface area contributed by atoms with Crippen LogP contribution in [0, 0.1) is 0 Å². The lowest BCUT2D eigenvalue weighted by atomic mass is 10.0. The lowest BCUT2D eigenvalue weighted by Gasteiger charge is -2.10. The van der Waals surface area contributed by atoms with Crippen LogP contribution < -0.4 is 21.7 Å². The Morgan fingerprint density at radius 1 is 1.00 bits per heavy atom. The molecule has 0 atom stereocenters. The summed E-state index contributed by atoms with van der Waals surface area (Å²) in [5.41, 5.74) is 10.7. The Hall–Kier alpha value is -2.41. The first kappa shape index (κ1) is 14.0. The molecule has 0 bridgehead atoms. The molecule has 0 unspecified atom stereocenters. The van der Waals surface area contributed by atoms with E-state index in [4.69, 9.17) is 11.6 Å². The lowest BCUT2D eigenvalue weighted by molar-refractivity contribution is -0.274. The summed E-state index contributed by atoms with van der Waals surface area (Å²) in [5, 5.41) is 0. The molecule has 0 spiro atoms. The first-order chi connectivity index (χ1) is 9.39. The Bertz CT molecular complexity index is 603. The third-order valence-corrected chi connectivity index (χ3v) is 2.63. The van der Waals surface area contributed by atoms with Gasteiger partial charge in [-0.3, -0.25) is 5.84 Å². The van der Waals surface area contributed by atoms with E-state index in [9.17, 15) is 13.2 Å². The van der Waals surface area contributed by atoms with Gasteiger partial charge in [0.15, 0.2) is 0 Å². The van der Waals surface area contributed by atoms with E-state index in [-0.39, 0.29) is 7.18 Å². The van der Waals surface area contributed by atoms with Crippen molar-refractivity contribution in [1.82, 2.24) is 0 Å². The Balaban J connectivity index is 0.00000220. The minimum absolute atomic E-state index is 0. The number of benzene rings is 2. The van der Waals surface area contributed by atoms with Gasteiger partial charge in [-0.1, -0.05) is 18.2 Å². The number of anilines is 2. The first-order valence-corrected chi connectivity index (χ1v) is 5.61. The van der Waals surface area contributed by atoms with Crippen LogP contribution in [0.15, 0.2) is 42.5 Å². The van der Waals surface area contributed by atoms with Crippen molar-refractivity contribution in [3.8, 4) is 16.9 Å². The van der Waals surface area contributed by atoms with Crippen LogP contribution in [-0.4, -0.2) is 6.36 Å². The van der Waals surface area contributed by atoms with E-state index in [1.54, 1.807) is 18.2 Å². The highest BCUT2D eigenvalue weighted by Gasteiger charge is 2.30. The zero-order valence-electron chi connectivity index (χ0n) is 10.2. The van der Waals surface area contributed by atoms with Crippen LogP contribution >= 0.6 is 0 Å². The third kappa shape index (κ3) is 3.33. The Morgan fingerprint density at radius 3 is 2.10 bits per heavy atom. The minimum Gasteiger partial charge on any atom is -0.406 e. The number of hydrogen-bond donors (Lipinski definition) is 3. The summed E-state index contributed by atoms with van der Waals surface area (Å²) in [6, 6.07) is 10.6. The van der Waals surface area contributed by atoms with E-state index in [0.29, 0.717) is 11.4 Å². The second kappa shape index (κ2) is 5.30. The molecule has 4 nitrogen and oxygen atoms in total. The predicted molar refractivity (Wildman–Crippen MR) is 72.9 cm³/mol. The first-order valence-electron chi connectivity index (χ1n) is 5.61. The monoisotopic (exact) mass is 285 g/mol. The number of nitrogens with one attached hydrogen (secondary N) is 1. The summed E-state index contributed by atoms with van der Waals surface area (Å²) in [5.74, 6) is 5.00. The van der Waals surface area contributed by atoms with E-state index in [0.717, 1.165) is 11.1 Å². The molecule has 0 aliphatic heterocycles. The standard InChI is InChI=1S/C13H12F3N3O.H2/c14-13(15,16)20-10-4-1-8(2-5-10)9-3-6-12(19-18)11(17)7-9;/h1-7,19H,17-18H2;1H. The number of hydrogen-bond acceptors (Lipinski definition) is 4. The van der Waals surface area contributed by atoms with E-state index < -0.39 is 6.36 Å². The molecule has 2 aromatic rings.